The normalized spacial score (nSPS) is 18.5. The average Bonchev–Trinajstić information content (AvgIpc) is 2.35. The number of hydrogen-bond donors (Lipinski definition) is 2. The van der Waals surface area contributed by atoms with Crippen LogP contribution in [-0.4, -0.2) is 66.2 Å². The van der Waals surface area contributed by atoms with Crippen molar-refractivity contribution in [3.8, 4) is 0 Å². The lowest BCUT2D eigenvalue weighted by Gasteiger charge is -2.40. The van der Waals surface area contributed by atoms with Crippen LogP contribution >= 0.6 is 0 Å². The Morgan fingerprint density at radius 3 is 2.21 bits per heavy atom. The largest absolute Gasteiger partial charge is 0.480 e. The number of hydrogen-bond acceptors (Lipinski definition) is 3. The van der Waals surface area contributed by atoms with Crippen molar-refractivity contribution in [1.82, 2.24) is 15.1 Å². The lowest BCUT2D eigenvalue weighted by molar-refractivity contribution is -0.147. The first-order valence-corrected chi connectivity index (χ1v) is 6.73. The van der Waals surface area contributed by atoms with E-state index in [2.05, 4.69) is 5.32 Å². The van der Waals surface area contributed by atoms with Crippen LogP contribution in [0.25, 0.3) is 0 Å². The molecule has 0 spiro atoms. The number of likely N-dealkylation sites (tertiary alicyclic amines) is 1. The van der Waals surface area contributed by atoms with Crippen molar-refractivity contribution in [3.05, 3.63) is 0 Å². The Morgan fingerprint density at radius 2 is 1.84 bits per heavy atom. The molecule has 0 bridgehead atoms. The summed E-state index contributed by atoms with van der Waals surface area (Å²) < 4.78 is 0. The molecule has 2 amide bonds. The van der Waals surface area contributed by atoms with Gasteiger partial charge in [0.1, 0.15) is 5.54 Å². The van der Waals surface area contributed by atoms with E-state index in [-0.39, 0.29) is 6.03 Å². The lowest BCUT2D eigenvalue weighted by Crippen LogP contribution is -2.60. The van der Waals surface area contributed by atoms with Gasteiger partial charge in [-0.2, -0.15) is 0 Å². The van der Waals surface area contributed by atoms with Crippen LogP contribution < -0.4 is 5.32 Å². The molecule has 0 aromatic rings. The Morgan fingerprint density at radius 1 is 1.32 bits per heavy atom. The summed E-state index contributed by atoms with van der Waals surface area (Å²) in [6, 6.07) is -0.0529. The maximum Gasteiger partial charge on any atom is 0.324 e. The van der Waals surface area contributed by atoms with Gasteiger partial charge in [-0.05, 0) is 25.3 Å². The van der Waals surface area contributed by atoms with Crippen LogP contribution in [0.4, 0.5) is 4.79 Å². The number of aliphatic carboxylic acids is 1. The molecule has 1 fully saturated rings. The Labute approximate surface area is 114 Å². The zero-order valence-electron chi connectivity index (χ0n) is 12.3. The van der Waals surface area contributed by atoms with Gasteiger partial charge in [0, 0.05) is 27.2 Å². The minimum atomic E-state index is -0.882. The third kappa shape index (κ3) is 3.83. The van der Waals surface area contributed by atoms with Crippen molar-refractivity contribution in [2.45, 2.75) is 32.2 Å². The second-order valence-electron chi connectivity index (χ2n) is 5.83. The average molecular weight is 271 g/mol. The monoisotopic (exact) mass is 271 g/mol. The summed E-state index contributed by atoms with van der Waals surface area (Å²) >= 11 is 0. The van der Waals surface area contributed by atoms with Gasteiger partial charge in [0.15, 0.2) is 0 Å². The van der Waals surface area contributed by atoms with E-state index in [1.54, 1.807) is 19.0 Å². The second-order valence-corrected chi connectivity index (χ2v) is 5.83. The first-order chi connectivity index (χ1) is 8.78. The summed E-state index contributed by atoms with van der Waals surface area (Å²) in [5, 5.41) is 12.6. The molecule has 1 aliphatic rings. The van der Waals surface area contributed by atoms with Crippen LogP contribution in [0.5, 0.6) is 0 Å². The Kier molecular flexibility index (Phi) is 5.17. The van der Waals surface area contributed by atoms with Gasteiger partial charge < -0.3 is 20.2 Å². The fourth-order valence-electron chi connectivity index (χ4n) is 2.23. The van der Waals surface area contributed by atoms with Crippen molar-refractivity contribution in [2.24, 2.45) is 5.92 Å². The van der Waals surface area contributed by atoms with Crippen LogP contribution in [0.1, 0.15) is 26.7 Å². The summed E-state index contributed by atoms with van der Waals surface area (Å²) in [5.41, 5.74) is -0.882. The number of amides is 2. The fourth-order valence-corrected chi connectivity index (χ4v) is 2.23. The lowest BCUT2D eigenvalue weighted by atomic mass is 9.87. The quantitative estimate of drug-likeness (QED) is 0.794. The standard InChI is InChI=1S/C13H25N3O3/c1-10(2)9-14-13(11(17)18)5-7-16(8-6-13)12(19)15(3)4/h10,14H,5-9H2,1-4H3,(H,17,18). The smallest absolute Gasteiger partial charge is 0.324 e. The number of nitrogens with one attached hydrogen (secondary N) is 1. The van der Waals surface area contributed by atoms with Crippen molar-refractivity contribution >= 4 is 12.0 Å². The van der Waals surface area contributed by atoms with E-state index in [4.69, 9.17) is 0 Å². The topological polar surface area (TPSA) is 72.9 Å². The molecule has 6 heteroatoms. The predicted octanol–water partition coefficient (Wildman–Crippen LogP) is 0.833. The van der Waals surface area contributed by atoms with Crippen LogP contribution in [0, 0.1) is 5.92 Å². The summed E-state index contributed by atoms with van der Waals surface area (Å²) in [6.07, 6.45) is 0.906. The Hall–Kier alpha value is -1.30. The predicted molar refractivity (Wildman–Crippen MR) is 73.1 cm³/mol. The van der Waals surface area contributed by atoms with E-state index in [1.807, 2.05) is 13.8 Å². The van der Waals surface area contributed by atoms with Gasteiger partial charge in [0.2, 0.25) is 0 Å². The maximum absolute atomic E-state index is 11.8. The molecule has 0 aliphatic carbocycles. The first-order valence-electron chi connectivity index (χ1n) is 6.73. The third-order valence-electron chi connectivity index (χ3n) is 3.53. The summed E-state index contributed by atoms with van der Waals surface area (Å²) in [7, 11) is 3.41. The van der Waals surface area contributed by atoms with E-state index in [9.17, 15) is 14.7 Å². The van der Waals surface area contributed by atoms with Crippen LogP contribution in [0.3, 0.4) is 0 Å². The first kappa shape index (κ1) is 15.8. The molecular formula is C13H25N3O3. The summed E-state index contributed by atoms with van der Waals surface area (Å²) in [4.78, 5) is 26.6. The van der Waals surface area contributed by atoms with E-state index in [0.29, 0.717) is 38.4 Å². The number of carboxylic acids is 1. The molecule has 0 radical (unpaired) electrons. The molecule has 0 atom stereocenters. The molecule has 1 rings (SSSR count). The molecule has 0 aromatic carbocycles. The molecule has 0 aromatic heterocycles. The molecule has 0 unspecified atom stereocenters. The summed E-state index contributed by atoms with van der Waals surface area (Å²) in [6.45, 7) is 5.73. The van der Waals surface area contributed by atoms with Crippen LogP contribution in [0.15, 0.2) is 0 Å². The molecular weight excluding hydrogens is 246 g/mol. The van der Waals surface area contributed by atoms with E-state index in [1.165, 1.54) is 4.90 Å². The van der Waals surface area contributed by atoms with Gasteiger partial charge in [-0.3, -0.25) is 4.79 Å². The summed E-state index contributed by atoms with van der Waals surface area (Å²) in [5.74, 6) is -0.414. The maximum atomic E-state index is 11.8. The van der Waals surface area contributed by atoms with E-state index < -0.39 is 11.5 Å². The minimum Gasteiger partial charge on any atom is -0.480 e. The number of nitrogens with zero attached hydrogens (tertiary/aromatic N) is 2. The number of carboxylic acid groups (broad SMARTS) is 1. The van der Waals surface area contributed by atoms with Crippen LogP contribution in [0.2, 0.25) is 0 Å². The van der Waals surface area contributed by atoms with Crippen molar-refractivity contribution in [3.63, 3.8) is 0 Å². The van der Waals surface area contributed by atoms with Crippen LogP contribution in [-0.2, 0) is 4.79 Å². The molecule has 0 saturated carbocycles. The van der Waals surface area contributed by atoms with Gasteiger partial charge in [-0.15, -0.1) is 0 Å². The SMILES string of the molecule is CC(C)CNC1(C(=O)O)CCN(C(=O)N(C)C)CC1. The van der Waals surface area contributed by atoms with Crippen molar-refractivity contribution in [1.29, 1.82) is 0 Å². The van der Waals surface area contributed by atoms with Crippen molar-refractivity contribution < 1.29 is 14.7 Å². The zero-order chi connectivity index (χ0) is 14.6. The molecule has 1 saturated heterocycles. The van der Waals surface area contributed by atoms with Gasteiger partial charge in [0.25, 0.3) is 0 Å². The highest BCUT2D eigenvalue weighted by molar-refractivity contribution is 5.80. The second kappa shape index (κ2) is 6.23. The highest BCUT2D eigenvalue weighted by Gasteiger charge is 2.42. The van der Waals surface area contributed by atoms with E-state index in [0.717, 1.165) is 0 Å². The van der Waals surface area contributed by atoms with Gasteiger partial charge in [0.05, 0.1) is 0 Å². The molecule has 110 valence electrons. The molecule has 1 aliphatic heterocycles. The van der Waals surface area contributed by atoms with Gasteiger partial charge >= 0.3 is 12.0 Å². The zero-order valence-corrected chi connectivity index (χ0v) is 12.3. The number of carbonyl (C=O) groups excluding carboxylic acids is 1. The van der Waals surface area contributed by atoms with Gasteiger partial charge in [-0.1, -0.05) is 13.8 Å². The van der Waals surface area contributed by atoms with Crippen molar-refractivity contribution in [2.75, 3.05) is 33.7 Å². The molecule has 2 N–H and O–H groups in total. The van der Waals surface area contributed by atoms with E-state index >= 15 is 0 Å². The fraction of sp³-hybridized carbons (Fsp3) is 0.846. The number of carbonyl (C=O) groups is 2. The molecule has 1 heterocycles. The minimum absolute atomic E-state index is 0.0529. The Bertz CT molecular complexity index is 334. The number of rotatable bonds is 4. The third-order valence-corrected chi connectivity index (χ3v) is 3.53. The number of urea groups is 1. The number of piperidine rings is 1. The molecule has 6 nitrogen and oxygen atoms in total. The highest BCUT2D eigenvalue weighted by Crippen LogP contribution is 2.23. The molecule has 19 heavy (non-hydrogen) atoms. The highest BCUT2D eigenvalue weighted by atomic mass is 16.4. The van der Waals surface area contributed by atoms with Gasteiger partial charge in [-0.25, -0.2) is 4.79 Å². The Balaban J connectivity index is 2.65.